The predicted octanol–water partition coefficient (Wildman–Crippen LogP) is 3.56. The minimum Gasteiger partial charge on any atom is -0.477 e. The fraction of sp³-hybridized carbons (Fsp3) is 0.615. The van der Waals surface area contributed by atoms with Crippen LogP contribution in [0.25, 0.3) is 0 Å². The van der Waals surface area contributed by atoms with E-state index in [1.54, 1.807) is 0 Å². The first-order chi connectivity index (χ1) is 6.88. The maximum atomic E-state index is 5.64. The van der Waals surface area contributed by atoms with E-state index in [0.717, 1.165) is 0 Å². The van der Waals surface area contributed by atoms with Crippen LogP contribution in [0.5, 0.6) is 0 Å². The lowest BCUT2D eigenvalue weighted by Crippen LogP contribution is -2.13. The molecule has 1 aliphatic rings. The second-order valence-electron chi connectivity index (χ2n) is 5.33. The third-order valence-electron chi connectivity index (χ3n) is 2.29. The molecule has 1 atom stereocenters. The highest BCUT2D eigenvalue weighted by atomic mass is 16.5. The number of nitrogens with zero attached hydrogens (tertiary/aromatic N) is 1. The molecule has 1 aliphatic heterocycles. The zero-order valence-corrected chi connectivity index (χ0v) is 10.4. The Morgan fingerprint density at radius 3 is 2.60 bits per heavy atom. The predicted molar refractivity (Wildman–Crippen MR) is 64.9 cm³/mol. The number of hydrogen-bond acceptors (Lipinski definition) is 2. The first kappa shape index (κ1) is 12.0. The van der Waals surface area contributed by atoms with Gasteiger partial charge < -0.3 is 4.74 Å². The molecule has 0 amide bonds. The van der Waals surface area contributed by atoms with E-state index in [0.29, 0.717) is 18.4 Å². The van der Waals surface area contributed by atoms with Crippen molar-refractivity contribution in [2.45, 2.75) is 34.6 Å². The van der Waals surface area contributed by atoms with Gasteiger partial charge in [0.2, 0.25) is 5.88 Å². The number of ether oxygens (including phenoxy) is 1. The Morgan fingerprint density at radius 2 is 2.00 bits per heavy atom. The van der Waals surface area contributed by atoms with Crippen LogP contribution >= 0.6 is 0 Å². The Bertz CT molecular complexity index is 305. The summed E-state index contributed by atoms with van der Waals surface area (Å²) in [6, 6.07) is 0. The average Bonchev–Trinajstić information content (AvgIpc) is 2.27. The summed E-state index contributed by atoms with van der Waals surface area (Å²) in [7, 11) is 0. The Balaban J connectivity index is 2.61. The molecule has 2 heteroatoms. The highest BCUT2D eigenvalue weighted by Gasteiger charge is 2.12. The van der Waals surface area contributed by atoms with E-state index in [1.807, 2.05) is 12.3 Å². The van der Waals surface area contributed by atoms with Crippen LogP contribution in [0.1, 0.15) is 34.6 Å². The zero-order chi connectivity index (χ0) is 11.5. The van der Waals surface area contributed by atoms with Crippen molar-refractivity contribution in [3.8, 4) is 0 Å². The molecule has 0 saturated heterocycles. The Kier molecular flexibility index (Phi) is 3.72. The maximum Gasteiger partial charge on any atom is 0.212 e. The third kappa shape index (κ3) is 4.32. The van der Waals surface area contributed by atoms with E-state index >= 15 is 0 Å². The van der Waals surface area contributed by atoms with Crippen LogP contribution in [-0.4, -0.2) is 12.8 Å². The van der Waals surface area contributed by atoms with Crippen molar-refractivity contribution in [3.05, 3.63) is 23.6 Å². The summed E-state index contributed by atoms with van der Waals surface area (Å²) in [5.41, 5.74) is 1.49. The van der Waals surface area contributed by atoms with Gasteiger partial charge in [-0.2, -0.15) is 0 Å². The van der Waals surface area contributed by atoms with Gasteiger partial charge in [-0.15, -0.1) is 0 Å². The van der Waals surface area contributed by atoms with E-state index in [9.17, 15) is 0 Å². The van der Waals surface area contributed by atoms with Gasteiger partial charge in [-0.05, 0) is 12.3 Å². The van der Waals surface area contributed by atoms with Crippen LogP contribution in [0.15, 0.2) is 28.6 Å². The molecule has 0 fully saturated rings. The van der Waals surface area contributed by atoms with Gasteiger partial charge in [0.05, 0.1) is 6.61 Å². The van der Waals surface area contributed by atoms with Crippen LogP contribution in [-0.2, 0) is 4.74 Å². The molecular formula is C13H21NO. The summed E-state index contributed by atoms with van der Waals surface area (Å²) < 4.78 is 5.64. The summed E-state index contributed by atoms with van der Waals surface area (Å²) in [5.74, 6) is 1.12. The first-order valence-corrected chi connectivity index (χ1v) is 5.44. The van der Waals surface area contributed by atoms with Crippen molar-refractivity contribution >= 4 is 6.21 Å². The molecule has 2 nitrogen and oxygen atoms in total. The lowest BCUT2D eigenvalue weighted by atomic mass is 9.99. The van der Waals surface area contributed by atoms with Gasteiger partial charge in [0.1, 0.15) is 0 Å². The minimum atomic E-state index is 0.174. The van der Waals surface area contributed by atoms with Gasteiger partial charge in [-0.25, -0.2) is 4.99 Å². The highest BCUT2D eigenvalue weighted by Crippen LogP contribution is 2.18. The normalized spacial score (nSPS) is 21.8. The Morgan fingerprint density at radius 1 is 1.33 bits per heavy atom. The number of aliphatic imine (C=N–C) groups is 1. The van der Waals surface area contributed by atoms with Crippen molar-refractivity contribution in [1.29, 1.82) is 0 Å². The first-order valence-electron chi connectivity index (χ1n) is 5.44. The molecule has 0 saturated carbocycles. The average molecular weight is 207 g/mol. The SMILES string of the molecule is CC1=CC=C(OCC(C)(C)C)N=C[C@H]1C. The molecule has 0 bridgehead atoms. The van der Waals surface area contributed by atoms with Crippen LogP contribution in [0.4, 0.5) is 0 Å². The van der Waals surface area contributed by atoms with E-state index in [1.165, 1.54) is 5.57 Å². The van der Waals surface area contributed by atoms with E-state index in [-0.39, 0.29) is 5.41 Å². The summed E-state index contributed by atoms with van der Waals surface area (Å²) in [5, 5.41) is 0. The fourth-order valence-corrected chi connectivity index (χ4v) is 1.08. The fourth-order valence-electron chi connectivity index (χ4n) is 1.08. The summed E-state index contributed by atoms with van der Waals surface area (Å²) in [4.78, 5) is 4.32. The molecule has 0 spiro atoms. The van der Waals surface area contributed by atoms with Gasteiger partial charge in [0.15, 0.2) is 0 Å². The highest BCUT2D eigenvalue weighted by molar-refractivity contribution is 5.66. The third-order valence-corrected chi connectivity index (χ3v) is 2.29. The molecule has 1 rings (SSSR count). The topological polar surface area (TPSA) is 21.6 Å². The molecule has 0 unspecified atom stereocenters. The van der Waals surface area contributed by atoms with Crippen molar-refractivity contribution < 1.29 is 4.74 Å². The van der Waals surface area contributed by atoms with Crippen molar-refractivity contribution in [2.24, 2.45) is 16.3 Å². The molecule has 0 aromatic rings. The summed E-state index contributed by atoms with van der Waals surface area (Å²) >= 11 is 0. The van der Waals surface area contributed by atoms with E-state index < -0.39 is 0 Å². The lowest BCUT2D eigenvalue weighted by Gasteiger charge is -2.18. The number of allylic oxidation sites excluding steroid dienone is 3. The summed E-state index contributed by atoms with van der Waals surface area (Å²) in [6.07, 6.45) is 5.96. The molecule has 0 N–H and O–H groups in total. The van der Waals surface area contributed by atoms with Crippen molar-refractivity contribution in [3.63, 3.8) is 0 Å². The van der Waals surface area contributed by atoms with Gasteiger partial charge in [0.25, 0.3) is 0 Å². The number of rotatable bonds is 2. The molecule has 15 heavy (non-hydrogen) atoms. The Hall–Kier alpha value is -1.05. The molecule has 84 valence electrons. The molecule has 0 radical (unpaired) electrons. The second-order valence-corrected chi connectivity index (χ2v) is 5.33. The van der Waals surface area contributed by atoms with Crippen LogP contribution < -0.4 is 0 Å². The van der Waals surface area contributed by atoms with Crippen LogP contribution in [0.2, 0.25) is 0 Å². The van der Waals surface area contributed by atoms with E-state index in [2.05, 4.69) is 45.7 Å². The molecule has 0 aromatic heterocycles. The summed E-state index contributed by atoms with van der Waals surface area (Å²) in [6.45, 7) is 11.4. The van der Waals surface area contributed by atoms with E-state index in [4.69, 9.17) is 4.74 Å². The molecule has 0 aliphatic carbocycles. The van der Waals surface area contributed by atoms with Gasteiger partial charge in [0, 0.05) is 18.2 Å². The largest absolute Gasteiger partial charge is 0.477 e. The molecule has 0 aromatic carbocycles. The smallest absolute Gasteiger partial charge is 0.212 e. The Labute approximate surface area is 92.7 Å². The monoisotopic (exact) mass is 207 g/mol. The zero-order valence-electron chi connectivity index (χ0n) is 10.4. The molecular weight excluding hydrogens is 186 g/mol. The second kappa shape index (κ2) is 4.65. The van der Waals surface area contributed by atoms with Crippen molar-refractivity contribution in [2.75, 3.05) is 6.61 Å². The maximum absolute atomic E-state index is 5.64. The van der Waals surface area contributed by atoms with Gasteiger partial charge in [-0.1, -0.05) is 39.3 Å². The van der Waals surface area contributed by atoms with Gasteiger partial charge >= 0.3 is 0 Å². The van der Waals surface area contributed by atoms with Crippen LogP contribution in [0, 0.1) is 11.3 Å². The standard InChI is InChI=1S/C13H21NO/c1-10-6-7-12(14-8-11(10)2)15-9-13(3,4)5/h6-8,11H,9H2,1-5H3/t11-/m1/s1. The minimum absolute atomic E-state index is 0.174. The number of hydrogen-bond donors (Lipinski definition) is 0. The van der Waals surface area contributed by atoms with Crippen molar-refractivity contribution in [1.82, 2.24) is 0 Å². The quantitative estimate of drug-likeness (QED) is 0.678. The molecule has 1 heterocycles. The lowest BCUT2D eigenvalue weighted by molar-refractivity contribution is 0.126. The van der Waals surface area contributed by atoms with Crippen LogP contribution in [0.3, 0.4) is 0 Å². The van der Waals surface area contributed by atoms with Gasteiger partial charge in [-0.3, -0.25) is 0 Å².